The zero-order valence-corrected chi connectivity index (χ0v) is 9.65. The smallest absolute Gasteiger partial charge is 0.159 e. The molecule has 14 heavy (non-hydrogen) atoms. The lowest BCUT2D eigenvalue weighted by Gasteiger charge is -2.03. The number of hydrogen-bond acceptors (Lipinski definition) is 0. The third-order valence-corrected chi connectivity index (χ3v) is 2.51. The zero-order chi connectivity index (χ0) is 10.6. The summed E-state index contributed by atoms with van der Waals surface area (Å²) in [7, 11) is 0. The van der Waals surface area contributed by atoms with E-state index in [-0.39, 0.29) is 0 Å². The Morgan fingerprint density at radius 1 is 1.29 bits per heavy atom. The summed E-state index contributed by atoms with van der Waals surface area (Å²) in [6, 6.07) is 4.09. The maximum atomic E-state index is 12.8. The van der Waals surface area contributed by atoms with Crippen LogP contribution in [0.5, 0.6) is 0 Å². The van der Waals surface area contributed by atoms with Gasteiger partial charge in [0, 0.05) is 4.83 Å². The van der Waals surface area contributed by atoms with Gasteiger partial charge in [-0.1, -0.05) is 28.9 Å². The molecule has 1 aromatic carbocycles. The van der Waals surface area contributed by atoms with Crippen LogP contribution in [0, 0.1) is 11.6 Å². The van der Waals surface area contributed by atoms with E-state index in [2.05, 4.69) is 22.9 Å². The molecule has 1 unspecified atom stereocenters. The van der Waals surface area contributed by atoms with Gasteiger partial charge in [0.25, 0.3) is 0 Å². The number of benzene rings is 1. The summed E-state index contributed by atoms with van der Waals surface area (Å²) < 4.78 is 25.3. The molecule has 78 valence electrons. The van der Waals surface area contributed by atoms with Crippen LogP contribution in [0.4, 0.5) is 8.78 Å². The van der Waals surface area contributed by atoms with Crippen molar-refractivity contribution in [2.24, 2.45) is 0 Å². The first-order valence-electron chi connectivity index (χ1n) is 4.67. The van der Waals surface area contributed by atoms with Crippen LogP contribution >= 0.6 is 15.9 Å². The van der Waals surface area contributed by atoms with Crippen molar-refractivity contribution < 1.29 is 8.78 Å². The molecule has 0 fully saturated rings. The minimum absolute atomic E-state index is 0.479. The van der Waals surface area contributed by atoms with Crippen molar-refractivity contribution in [3.8, 4) is 0 Å². The van der Waals surface area contributed by atoms with Crippen molar-refractivity contribution in [1.82, 2.24) is 0 Å². The van der Waals surface area contributed by atoms with Gasteiger partial charge >= 0.3 is 0 Å². The van der Waals surface area contributed by atoms with E-state index in [9.17, 15) is 8.78 Å². The van der Waals surface area contributed by atoms with Gasteiger partial charge in [-0.3, -0.25) is 0 Å². The highest BCUT2D eigenvalue weighted by Gasteiger charge is 2.02. The molecule has 0 aromatic heterocycles. The first-order chi connectivity index (χ1) is 6.59. The Balaban J connectivity index is 2.47. The molecule has 0 saturated carbocycles. The maximum Gasteiger partial charge on any atom is 0.159 e. The molecule has 1 atom stereocenters. The van der Waals surface area contributed by atoms with Crippen LogP contribution in [0.25, 0.3) is 0 Å². The number of halogens is 3. The van der Waals surface area contributed by atoms with Crippen molar-refractivity contribution in [2.75, 3.05) is 0 Å². The molecule has 0 amide bonds. The van der Waals surface area contributed by atoms with Crippen LogP contribution in [-0.4, -0.2) is 4.83 Å². The first-order valence-corrected chi connectivity index (χ1v) is 5.59. The van der Waals surface area contributed by atoms with Gasteiger partial charge in [0.1, 0.15) is 0 Å². The summed E-state index contributed by atoms with van der Waals surface area (Å²) in [4.78, 5) is 0.479. The Morgan fingerprint density at radius 2 is 2.00 bits per heavy atom. The summed E-state index contributed by atoms with van der Waals surface area (Å²) in [5, 5.41) is 0. The topological polar surface area (TPSA) is 0 Å². The molecule has 1 rings (SSSR count). The molecule has 0 aliphatic carbocycles. The van der Waals surface area contributed by atoms with Gasteiger partial charge in [-0.2, -0.15) is 0 Å². The van der Waals surface area contributed by atoms with E-state index in [1.165, 1.54) is 12.1 Å². The molecule has 1 aromatic rings. The average molecular weight is 263 g/mol. The Kier molecular flexibility index (Phi) is 4.52. The van der Waals surface area contributed by atoms with E-state index in [1.807, 2.05) is 0 Å². The fraction of sp³-hybridized carbons (Fsp3) is 0.455. The first kappa shape index (κ1) is 11.6. The van der Waals surface area contributed by atoms with Crippen LogP contribution in [0.15, 0.2) is 18.2 Å². The Morgan fingerprint density at radius 3 is 2.57 bits per heavy atom. The minimum Gasteiger partial charge on any atom is -0.204 e. The second-order valence-corrected chi connectivity index (χ2v) is 4.98. The molecule has 3 heteroatoms. The Labute approximate surface area is 91.5 Å². The van der Waals surface area contributed by atoms with Gasteiger partial charge in [-0.25, -0.2) is 8.78 Å². The van der Waals surface area contributed by atoms with Gasteiger partial charge in [0.15, 0.2) is 11.6 Å². The molecule has 0 bridgehead atoms. The minimum atomic E-state index is -0.775. The normalized spacial score (nSPS) is 12.9. The van der Waals surface area contributed by atoms with Crippen molar-refractivity contribution in [2.45, 2.75) is 31.0 Å². The summed E-state index contributed by atoms with van der Waals surface area (Å²) in [5.74, 6) is -1.53. The van der Waals surface area contributed by atoms with Crippen LogP contribution in [-0.2, 0) is 6.42 Å². The van der Waals surface area contributed by atoms with E-state index in [1.54, 1.807) is 6.07 Å². The average Bonchev–Trinajstić information content (AvgIpc) is 2.10. The van der Waals surface area contributed by atoms with E-state index >= 15 is 0 Å². The van der Waals surface area contributed by atoms with E-state index in [0.717, 1.165) is 24.8 Å². The van der Waals surface area contributed by atoms with Gasteiger partial charge in [-0.05, 0) is 37.0 Å². The number of aryl methyl sites for hydroxylation is 1. The van der Waals surface area contributed by atoms with Crippen molar-refractivity contribution in [1.29, 1.82) is 0 Å². The maximum absolute atomic E-state index is 12.8. The number of alkyl halides is 1. The summed E-state index contributed by atoms with van der Waals surface area (Å²) >= 11 is 3.44. The third-order valence-electron chi connectivity index (χ3n) is 2.05. The highest BCUT2D eigenvalue weighted by Crippen LogP contribution is 2.13. The summed E-state index contributed by atoms with van der Waals surface area (Å²) in [6.07, 6.45) is 2.82. The van der Waals surface area contributed by atoms with Crippen LogP contribution in [0.1, 0.15) is 25.3 Å². The summed E-state index contributed by atoms with van der Waals surface area (Å²) in [6.45, 7) is 2.07. The third kappa shape index (κ3) is 3.74. The molecule has 0 radical (unpaired) electrons. The lowest BCUT2D eigenvalue weighted by Crippen LogP contribution is -1.94. The standard InChI is InChI=1S/C11H13BrF2/c1-8(12)3-2-4-9-5-6-10(13)11(14)7-9/h5-8H,2-4H2,1H3. The molecule has 0 N–H and O–H groups in total. The molecular formula is C11H13BrF2. The second-order valence-electron chi connectivity index (χ2n) is 3.42. The van der Waals surface area contributed by atoms with Gasteiger partial charge in [0.05, 0.1) is 0 Å². The highest BCUT2D eigenvalue weighted by atomic mass is 79.9. The lowest BCUT2D eigenvalue weighted by molar-refractivity contribution is 0.506. The van der Waals surface area contributed by atoms with Gasteiger partial charge in [-0.15, -0.1) is 0 Å². The van der Waals surface area contributed by atoms with Gasteiger partial charge < -0.3 is 0 Å². The largest absolute Gasteiger partial charge is 0.204 e. The second kappa shape index (κ2) is 5.44. The number of hydrogen-bond donors (Lipinski definition) is 0. The van der Waals surface area contributed by atoms with Crippen LogP contribution in [0.3, 0.4) is 0 Å². The Bertz CT molecular complexity index is 297. The van der Waals surface area contributed by atoms with Gasteiger partial charge in [0.2, 0.25) is 0 Å². The highest BCUT2D eigenvalue weighted by molar-refractivity contribution is 9.09. The van der Waals surface area contributed by atoms with Crippen molar-refractivity contribution in [3.05, 3.63) is 35.4 Å². The molecule has 0 aliphatic heterocycles. The number of rotatable bonds is 4. The van der Waals surface area contributed by atoms with E-state index in [4.69, 9.17) is 0 Å². The molecule has 0 nitrogen and oxygen atoms in total. The predicted octanol–water partition coefficient (Wildman–Crippen LogP) is 4.07. The fourth-order valence-electron chi connectivity index (χ4n) is 1.28. The quantitative estimate of drug-likeness (QED) is 0.718. The van der Waals surface area contributed by atoms with E-state index in [0.29, 0.717) is 4.83 Å². The summed E-state index contributed by atoms with van der Waals surface area (Å²) in [5.41, 5.74) is 0.858. The van der Waals surface area contributed by atoms with E-state index < -0.39 is 11.6 Å². The predicted molar refractivity (Wildman–Crippen MR) is 57.7 cm³/mol. The zero-order valence-electron chi connectivity index (χ0n) is 8.06. The fourth-order valence-corrected chi connectivity index (χ4v) is 1.61. The van der Waals surface area contributed by atoms with Crippen LogP contribution < -0.4 is 0 Å². The SMILES string of the molecule is CC(Br)CCCc1ccc(F)c(F)c1. The molecule has 0 aliphatic rings. The van der Waals surface area contributed by atoms with Crippen molar-refractivity contribution in [3.63, 3.8) is 0 Å². The van der Waals surface area contributed by atoms with Crippen LogP contribution in [0.2, 0.25) is 0 Å². The van der Waals surface area contributed by atoms with Crippen molar-refractivity contribution >= 4 is 15.9 Å². The molecule has 0 heterocycles. The molecular weight excluding hydrogens is 250 g/mol. The lowest BCUT2D eigenvalue weighted by atomic mass is 10.1. The monoisotopic (exact) mass is 262 g/mol. The Hall–Kier alpha value is -0.440. The molecule has 0 saturated heterocycles. The molecule has 0 spiro atoms.